The van der Waals surface area contributed by atoms with Gasteiger partial charge in [-0.25, -0.2) is 4.79 Å². The van der Waals surface area contributed by atoms with Crippen LogP contribution in [0, 0.1) is 46.3 Å². The van der Waals surface area contributed by atoms with Crippen molar-refractivity contribution in [1.29, 1.82) is 0 Å². The van der Waals surface area contributed by atoms with Crippen LogP contribution in [-0.2, 0) is 18.7 Å². The van der Waals surface area contributed by atoms with Crippen LogP contribution in [0.4, 0.5) is 4.79 Å². The maximum absolute atomic E-state index is 15.1. The van der Waals surface area contributed by atoms with Gasteiger partial charge in [-0.2, -0.15) is 0 Å². The van der Waals surface area contributed by atoms with Crippen LogP contribution < -0.4 is 0 Å². The van der Waals surface area contributed by atoms with Crippen LogP contribution in [-0.4, -0.2) is 38.1 Å². The molecule has 2 bridgehead atoms. The summed E-state index contributed by atoms with van der Waals surface area (Å²) in [5.74, 6) is 0.634. The molecule has 0 N–H and O–H groups in total. The molecule has 4 aliphatic carbocycles. The van der Waals surface area contributed by atoms with E-state index in [0.29, 0.717) is 5.92 Å². The van der Waals surface area contributed by atoms with Crippen molar-refractivity contribution in [3.8, 4) is 0 Å². The summed E-state index contributed by atoms with van der Waals surface area (Å²) in [4.78, 5) is 27.9. The van der Waals surface area contributed by atoms with E-state index < -0.39 is 31.6 Å². The molecule has 5 rings (SSSR count). The quantitative estimate of drug-likeness (QED) is 0.256. The van der Waals surface area contributed by atoms with E-state index in [0.717, 1.165) is 12.0 Å². The third-order valence-corrected chi connectivity index (χ3v) is 16.0. The molecule has 1 aliphatic heterocycles. The molecule has 1 saturated heterocycles. The summed E-state index contributed by atoms with van der Waals surface area (Å²) in [6, 6.07) is 0. The number of carbonyl (C=O) groups is 2. The molecule has 0 amide bonds. The summed E-state index contributed by atoms with van der Waals surface area (Å²) in [6.45, 7) is 24.4. The lowest BCUT2D eigenvalue weighted by Gasteiger charge is -2.47. The zero-order chi connectivity index (χ0) is 25.4. The minimum absolute atomic E-state index is 0.0104. The highest BCUT2D eigenvalue weighted by Crippen LogP contribution is 2.74. The average Bonchev–Trinajstić information content (AvgIpc) is 3.00. The zero-order valence-corrected chi connectivity index (χ0v) is 23.9. The molecular weight excluding hydrogens is 444 g/mol. The van der Waals surface area contributed by atoms with Gasteiger partial charge < -0.3 is 13.9 Å². The molecular formula is C28H44O5Si. The molecule has 4 fully saturated rings. The zero-order valence-electron chi connectivity index (χ0n) is 22.9. The van der Waals surface area contributed by atoms with Crippen LogP contribution in [0.1, 0.15) is 68.7 Å². The molecule has 5 aliphatic rings. The average molecular weight is 489 g/mol. The Morgan fingerprint density at radius 2 is 1.74 bits per heavy atom. The van der Waals surface area contributed by atoms with Gasteiger partial charge in [-0.15, -0.1) is 0 Å². The minimum atomic E-state index is -2.21. The summed E-state index contributed by atoms with van der Waals surface area (Å²) in [7, 11) is -2.21. The smallest absolute Gasteiger partial charge is 0.426 e. The number of ketones is 1. The van der Waals surface area contributed by atoms with Crippen molar-refractivity contribution in [3.63, 3.8) is 0 Å². The predicted molar refractivity (Wildman–Crippen MR) is 134 cm³/mol. The summed E-state index contributed by atoms with van der Waals surface area (Å²) >= 11 is 0. The third-order valence-electron chi connectivity index (χ3n) is 11.5. The molecule has 10 atom stereocenters. The van der Waals surface area contributed by atoms with Crippen LogP contribution in [0.15, 0.2) is 11.6 Å². The number of ether oxygens (including phenoxy) is 2. The van der Waals surface area contributed by atoms with E-state index in [4.69, 9.17) is 13.9 Å². The van der Waals surface area contributed by atoms with Crippen LogP contribution in [0.3, 0.4) is 0 Å². The van der Waals surface area contributed by atoms with Crippen LogP contribution in [0.5, 0.6) is 0 Å². The van der Waals surface area contributed by atoms with Crippen molar-refractivity contribution in [2.75, 3.05) is 0 Å². The largest absolute Gasteiger partial charge is 0.509 e. The highest BCUT2D eigenvalue weighted by Gasteiger charge is 2.81. The monoisotopic (exact) mass is 488 g/mol. The van der Waals surface area contributed by atoms with E-state index in [9.17, 15) is 4.79 Å². The molecule has 190 valence electrons. The molecule has 34 heavy (non-hydrogen) atoms. The minimum Gasteiger partial charge on any atom is -0.426 e. The van der Waals surface area contributed by atoms with Gasteiger partial charge in [0.25, 0.3) is 0 Å². The first-order valence-corrected chi connectivity index (χ1v) is 16.2. The standard InChI is InChI=1S/C28H44O5Si/c1-14-13-27-15(2)12-18-20(26(18,8)9)19(22(27)29)21(33-34(10,11)25(5,6)7)16(3)23-28(27,17(14)4)32-24(30)31-23/h13,15-21,23H,12H2,1-11H3/t15-,16+,17+,18-,19-,20-,21-,23-,27?,28-/m1/s1. The Kier molecular flexibility index (Phi) is 4.90. The number of hydrogen-bond donors (Lipinski definition) is 0. The van der Waals surface area contributed by atoms with E-state index in [2.05, 4.69) is 81.5 Å². The van der Waals surface area contributed by atoms with Gasteiger partial charge >= 0.3 is 6.16 Å². The second-order valence-electron chi connectivity index (χ2n) is 14.3. The molecule has 1 heterocycles. The first-order valence-electron chi connectivity index (χ1n) is 13.3. The van der Waals surface area contributed by atoms with Gasteiger partial charge in [-0.3, -0.25) is 4.79 Å². The van der Waals surface area contributed by atoms with Crippen LogP contribution >= 0.6 is 0 Å². The number of carbonyl (C=O) groups excluding carboxylic acids is 2. The maximum atomic E-state index is 15.1. The number of hydrogen-bond acceptors (Lipinski definition) is 5. The second kappa shape index (κ2) is 6.79. The topological polar surface area (TPSA) is 61.8 Å². The normalized spacial score (nSPS) is 49.1. The van der Waals surface area contributed by atoms with Crippen molar-refractivity contribution in [1.82, 2.24) is 0 Å². The fourth-order valence-electron chi connectivity index (χ4n) is 8.40. The number of rotatable bonds is 2. The molecule has 0 aromatic heterocycles. The van der Waals surface area contributed by atoms with Gasteiger partial charge in [-0.1, -0.05) is 67.0 Å². The van der Waals surface area contributed by atoms with Crippen molar-refractivity contribution >= 4 is 20.3 Å². The van der Waals surface area contributed by atoms with Gasteiger partial charge in [0.1, 0.15) is 0 Å². The Hall–Kier alpha value is -1.14. The molecule has 0 aromatic rings. The molecule has 3 saturated carbocycles. The lowest BCUT2D eigenvalue weighted by atomic mass is 9.58. The van der Waals surface area contributed by atoms with Crippen molar-refractivity contribution in [2.45, 2.75) is 105 Å². The third kappa shape index (κ3) is 2.65. The molecule has 5 nitrogen and oxygen atoms in total. The van der Waals surface area contributed by atoms with E-state index in [1.54, 1.807) is 0 Å². The van der Waals surface area contributed by atoms with Gasteiger partial charge in [0.2, 0.25) is 0 Å². The van der Waals surface area contributed by atoms with Crippen LogP contribution in [0.25, 0.3) is 0 Å². The van der Waals surface area contributed by atoms with Crippen molar-refractivity contribution < 1.29 is 23.5 Å². The molecule has 0 radical (unpaired) electrons. The van der Waals surface area contributed by atoms with Gasteiger partial charge in [-0.05, 0) is 54.6 Å². The van der Waals surface area contributed by atoms with Crippen molar-refractivity contribution in [2.24, 2.45) is 46.3 Å². The van der Waals surface area contributed by atoms with Gasteiger partial charge in [0.05, 0.1) is 11.5 Å². The van der Waals surface area contributed by atoms with Crippen molar-refractivity contribution in [3.05, 3.63) is 11.6 Å². The van der Waals surface area contributed by atoms with Crippen LogP contribution in [0.2, 0.25) is 18.1 Å². The molecule has 2 spiro atoms. The molecule has 6 heteroatoms. The van der Waals surface area contributed by atoms with E-state index in [1.807, 2.05) is 0 Å². The fraction of sp³-hybridized carbons (Fsp3) is 0.857. The Balaban J connectivity index is 1.76. The second-order valence-corrected chi connectivity index (χ2v) is 19.1. The summed E-state index contributed by atoms with van der Waals surface area (Å²) in [5, 5.41) is 0.0104. The Morgan fingerprint density at radius 3 is 2.32 bits per heavy atom. The molecule has 0 aromatic carbocycles. The molecule has 1 unspecified atom stereocenters. The lowest BCUT2D eigenvalue weighted by molar-refractivity contribution is -0.154. The predicted octanol–water partition coefficient (Wildman–Crippen LogP) is 6.38. The Labute approximate surface area is 206 Å². The first kappa shape index (κ1) is 24.5. The number of fused-ring (bicyclic) bond motifs is 3. The first-order chi connectivity index (χ1) is 15.4. The maximum Gasteiger partial charge on any atom is 0.509 e. The Bertz CT molecular complexity index is 976. The number of Topliss-reactive ketones (excluding diaryl/α,β-unsaturated/α-hetero) is 1. The highest BCUT2D eigenvalue weighted by atomic mass is 28.4. The highest BCUT2D eigenvalue weighted by molar-refractivity contribution is 6.74. The SMILES string of the molecule is CC1=CC23C(=O)[C@@H]([C@H](O[Si](C)(C)C(C)(C)C)[C@H](C)[C@H]4OC(=O)O[C@]42[C@H]1C)[C@H]1[C@@H](C[C@H]3C)C1(C)C. The summed E-state index contributed by atoms with van der Waals surface area (Å²) in [6.07, 6.45) is 1.72. The van der Waals surface area contributed by atoms with Gasteiger partial charge in [0.15, 0.2) is 25.8 Å². The summed E-state index contributed by atoms with van der Waals surface area (Å²) in [5.41, 5.74) is -0.609. The van der Waals surface area contributed by atoms with Gasteiger partial charge in [0, 0.05) is 17.8 Å². The summed E-state index contributed by atoms with van der Waals surface area (Å²) < 4.78 is 19.5. The Morgan fingerprint density at radius 1 is 1.12 bits per heavy atom. The fourth-order valence-corrected chi connectivity index (χ4v) is 9.79. The van der Waals surface area contributed by atoms with E-state index in [-0.39, 0.29) is 51.9 Å². The van der Waals surface area contributed by atoms with E-state index in [1.165, 1.54) is 0 Å². The lowest BCUT2D eigenvalue weighted by Crippen LogP contribution is -2.62. The van der Waals surface area contributed by atoms with E-state index >= 15 is 4.79 Å².